The molecule has 0 unspecified atom stereocenters. The fourth-order valence-corrected chi connectivity index (χ4v) is 3.08. The lowest BCUT2D eigenvalue weighted by molar-refractivity contribution is -0.129. The lowest BCUT2D eigenvalue weighted by Crippen LogP contribution is -2.30. The normalized spacial score (nSPS) is 10.7. The number of hydrogen-bond donors (Lipinski definition) is 0. The Morgan fingerprint density at radius 1 is 1.28 bits per heavy atom. The molecule has 5 nitrogen and oxygen atoms in total. The third-order valence-electron chi connectivity index (χ3n) is 4.01. The van der Waals surface area contributed by atoms with Gasteiger partial charge in [0.2, 0.25) is 5.91 Å². The van der Waals surface area contributed by atoms with Crippen LogP contribution in [0.5, 0.6) is 5.75 Å². The van der Waals surface area contributed by atoms with E-state index in [2.05, 4.69) is 24.9 Å². The molecule has 25 heavy (non-hydrogen) atoms. The number of methoxy groups -OCH3 is 1. The highest BCUT2D eigenvalue weighted by Crippen LogP contribution is 2.19. The number of aryl methyl sites for hydroxylation is 2. The van der Waals surface area contributed by atoms with Gasteiger partial charge in [0.25, 0.3) is 0 Å². The summed E-state index contributed by atoms with van der Waals surface area (Å²) in [6, 6.07) is 6.07. The number of hydrogen-bond acceptors (Lipinski definition) is 5. The Bertz CT molecular complexity index is 700. The smallest absolute Gasteiger partial charge is 0.219 e. The molecule has 0 radical (unpaired) electrons. The molecule has 1 aromatic heterocycles. The standard InChI is InChI=1S/C19H26N2O3S/c1-14-6-7-18(10-15(14)2)24-12-19-20-17(13-25-19)11-21(16(3)22)8-5-9-23-4/h6-7,10,13H,5,8-9,11-12H2,1-4H3. The first-order valence-electron chi connectivity index (χ1n) is 8.37. The van der Waals surface area contributed by atoms with Crippen LogP contribution >= 0.6 is 11.3 Å². The van der Waals surface area contributed by atoms with Crippen molar-refractivity contribution >= 4 is 17.2 Å². The average Bonchev–Trinajstić information content (AvgIpc) is 3.02. The molecule has 0 fully saturated rings. The minimum atomic E-state index is 0.0528. The average molecular weight is 362 g/mol. The van der Waals surface area contributed by atoms with E-state index in [9.17, 15) is 4.79 Å². The Morgan fingerprint density at radius 2 is 2.08 bits per heavy atom. The Morgan fingerprint density at radius 3 is 2.76 bits per heavy atom. The molecule has 1 amide bonds. The molecule has 0 aliphatic heterocycles. The lowest BCUT2D eigenvalue weighted by atomic mass is 10.1. The summed E-state index contributed by atoms with van der Waals surface area (Å²) in [6.07, 6.45) is 0.822. The van der Waals surface area contributed by atoms with Gasteiger partial charge in [0.05, 0.1) is 12.2 Å². The molecule has 0 N–H and O–H groups in total. The molecule has 0 spiro atoms. The van der Waals surface area contributed by atoms with Gasteiger partial charge >= 0.3 is 0 Å². The SMILES string of the molecule is COCCCN(Cc1csc(COc2ccc(C)c(C)c2)n1)C(C)=O. The maximum absolute atomic E-state index is 11.8. The number of benzene rings is 1. The monoisotopic (exact) mass is 362 g/mol. The molecular weight excluding hydrogens is 336 g/mol. The van der Waals surface area contributed by atoms with E-state index in [1.165, 1.54) is 11.1 Å². The Hall–Kier alpha value is -1.92. The molecule has 0 atom stereocenters. The van der Waals surface area contributed by atoms with E-state index in [4.69, 9.17) is 9.47 Å². The van der Waals surface area contributed by atoms with Gasteiger partial charge in [-0.3, -0.25) is 4.79 Å². The van der Waals surface area contributed by atoms with E-state index < -0.39 is 0 Å². The summed E-state index contributed by atoms with van der Waals surface area (Å²) < 4.78 is 10.9. The third-order valence-corrected chi connectivity index (χ3v) is 4.89. The van der Waals surface area contributed by atoms with Gasteiger partial charge in [-0.05, 0) is 43.5 Å². The molecule has 2 rings (SSSR count). The Kier molecular flexibility index (Phi) is 7.40. The summed E-state index contributed by atoms with van der Waals surface area (Å²) in [6.45, 7) is 8.04. The number of rotatable bonds is 9. The van der Waals surface area contributed by atoms with Crippen LogP contribution in [0.3, 0.4) is 0 Å². The van der Waals surface area contributed by atoms with Crippen molar-refractivity contribution in [1.82, 2.24) is 9.88 Å². The number of aromatic nitrogens is 1. The molecule has 1 aromatic carbocycles. The first-order valence-corrected chi connectivity index (χ1v) is 9.25. The molecule has 136 valence electrons. The summed E-state index contributed by atoms with van der Waals surface area (Å²) >= 11 is 1.56. The van der Waals surface area contributed by atoms with Crippen molar-refractivity contribution < 1.29 is 14.3 Å². The van der Waals surface area contributed by atoms with Gasteiger partial charge in [-0.25, -0.2) is 4.98 Å². The van der Waals surface area contributed by atoms with Crippen molar-refractivity contribution in [2.24, 2.45) is 0 Å². The molecule has 2 aromatic rings. The highest BCUT2D eigenvalue weighted by Gasteiger charge is 2.12. The van der Waals surface area contributed by atoms with Crippen LogP contribution in [0.15, 0.2) is 23.6 Å². The van der Waals surface area contributed by atoms with Crippen LogP contribution in [0.1, 0.15) is 35.2 Å². The second kappa shape index (κ2) is 9.53. The summed E-state index contributed by atoms with van der Waals surface area (Å²) in [5.41, 5.74) is 3.36. The van der Waals surface area contributed by atoms with Gasteiger partial charge < -0.3 is 14.4 Å². The highest BCUT2D eigenvalue weighted by molar-refractivity contribution is 7.09. The number of thiazole rings is 1. The van der Waals surface area contributed by atoms with Crippen LogP contribution in [-0.2, 0) is 22.7 Å². The maximum Gasteiger partial charge on any atom is 0.219 e. The van der Waals surface area contributed by atoms with Crippen molar-refractivity contribution in [2.75, 3.05) is 20.3 Å². The van der Waals surface area contributed by atoms with Gasteiger partial charge in [0.1, 0.15) is 17.4 Å². The minimum Gasteiger partial charge on any atom is -0.486 e. The highest BCUT2D eigenvalue weighted by atomic mass is 32.1. The van der Waals surface area contributed by atoms with Crippen LogP contribution in [0.2, 0.25) is 0 Å². The predicted molar refractivity (Wildman–Crippen MR) is 99.9 cm³/mol. The number of amides is 1. The first kappa shape index (κ1) is 19.4. The van der Waals surface area contributed by atoms with Crippen molar-refractivity contribution in [3.8, 4) is 5.75 Å². The van der Waals surface area contributed by atoms with Crippen molar-refractivity contribution in [1.29, 1.82) is 0 Å². The summed E-state index contributed by atoms with van der Waals surface area (Å²) in [5.74, 6) is 0.904. The van der Waals surface area contributed by atoms with Crippen LogP contribution in [0.25, 0.3) is 0 Å². The maximum atomic E-state index is 11.8. The fraction of sp³-hybridized carbons (Fsp3) is 0.474. The summed E-state index contributed by atoms with van der Waals surface area (Å²) in [5, 5.41) is 2.90. The largest absolute Gasteiger partial charge is 0.486 e. The predicted octanol–water partition coefficient (Wildman–Crippen LogP) is 3.72. The Balaban J connectivity index is 1.89. The molecule has 0 bridgehead atoms. The van der Waals surface area contributed by atoms with E-state index in [0.29, 0.717) is 26.3 Å². The second-order valence-electron chi connectivity index (χ2n) is 6.05. The second-order valence-corrected chi connectivity index (χ2v) is 7.00. The van der Waals surface area contributed by atoms with Crippen molar-refractivity contribution in [3.63, 3.8) is 0 Å². The van der Waals surface area contributed by atoms with Crippen LogP contribution in [0, 0.1) is 13.8 Å². The van der Waals surface area contributed by atoms with Gasteiger partial charge in [-0.15, -0.1) is 11.3 Å². The quantitative estimate of drug-likeness (QED) is 0.638. The van der Waals surface area contributed by atoms with E-state index in [0.717, 1.165) is 22.9 Å². The lowest BCUT2D eigenvalue weighted by Gasteiger charge is -2.19. The Labute approximate surface area is 153 Å². The molecule has 0 aliphatic carbocycles. The summed E-state index contributed by atoms with van der Waals surface area (Å²) in [4.78, 5) is 18.1. The van der Waals surface area contributed by atoms with E-state index in [1.807, 2.05) is 17.5 Å². The zero-order valence-corrected chi connectivity index (χ0v) is 16.2. The van der Waals surface area contributed by atoms with Gasteiger partial charge in [-0.1, -0.05) is 6.07 Å². The molecule has 1 heterocycles. The molecular formula is C19H26N2O3S. The van der Waals surface area contributed by atoms with Gasteiger partial charge in [-0.2, -0.15) is 0 Å². The zero-order chi connectivity index (χ0) is 18.2. The number of nitrogens with zero attached hydrogens (tertiary/aromatic N) is 2. The minimum absolute atomic E-state index is 0.0528. The molecule has 0 saturated carbocycles. The van der Waals surface area contributed by atoms with E-state index in [1.54, 1.807) is 30.3 Å². The zero-order valence-electron chi connectivity index (χ0n) is 15.4. The fourth-order valence-electron chi connectivity index (χ4n) is 2.38. The third kappa shape index (κ3) is 6.14. The van der Waals surface area contributed by atoms with Crippen LogP contribution in [0.4, 0.5) is 0 Å². The molecule has 0 saturated heterocycles. The van der Waals surface area contributed by atoms with E-state index >= 15 is 0 Å². The molecule has 6 heteroatoms. The van der Waals surface area contributed by atoms with Gasteiger partial charge in [0, 0.05) is 32.6 Å². The molecule has 0 aliphatic rings. The number of carbonyl (C=O) groups is 1. The first-order chi connectivity index (χ1) is 12.0. The topological polar surface area (TPSA) is 51.7 Å². The summed E-state index contributed by atoms with van der Waals surface area (Å²) in [7, 11) is 1.67. The van der Waals surface area contributed by atoms with E-state index in [-0.39, 0.29) is 5.91 Å². The van der Waals surface area contributed by atoms with Gasteiger partial charge in [0.15, 0.2) is 0 Å². The van der Waals surface area contributed by atoms with Crippen LogP contribution in [-0.4, -0.2) is 36.1 Å². The van der Waals surface area contributed by atoms with Crippen molar-refractivity contribution in [3.05, 3.63) is 45.4 Å². The van der Waals surface area contributed by atoms with Crippen LogP contribution < -0.4 is 4.74 Å². The van der Waals surface area contributed by atoms with Crippen molar-refractivity contribution in [2.45, 2.75) is 40.3 Å². The number of carbonyl (C=O) groups excluding carboxylic acids is 1. The number of ether oxygens (including phenoxy) is 2.